The summed E-state index contributed by atoms with van der Waals surface area (Å²) in [6, 6.07) is 10.3. The summed E-state index contributed by atoms with van der Waals surface area (Å²) in [5.41, 5.74) is 1.26. The molecule has 0 aliphatic carbocycles. The molecule has 1 aromatic rings. The van der Waals surface area contributed by atoms with Crippen molar-refractivity contribution in [3.8, 4) is 0 Å². The van der Waals surface area contributed by atoms with Gasteiger partial charge in [0, 0.05) is 12.3 Å². The maximum absolute atomic E-state index is 11.5. The van der Waals surface area contributed by atoms with Gasteiger partial charge in [-0.25, -0.2) is 0 Å². The van der Waals surface area contributed by atoms with Crippen molar-refractivity contribution in [3.63, 3.8) is 0 Å². The highest BCUT2D eigenvalue weighted by Crippen LogP contribution is 2.37. The highest BCUT2D eigenvalue weighted by atomic mass is 32.2. The molecule has 1 aromatic carbocycles. The van der Waals surface area contributed by atoms with Crippen LogP contribution in [0.25, 0.3) is 0 Å². The monoisotopic (exact) mass is 251 g/mol. The van der Waals surface area contributed by atoms with Crippen LogP contribution in [0, 0.1) is 0 Å². The number of thioether (sulfide) groups is 1. The first-order valence-electron chi connectivity index (χ1n) is 5.87. The molecule has 17 heavy (non-hydrogen) atoms. The summed E-state index contributed by atoms with van der Waals surface area (Å²) >= 11 is 1.88. The number of carbonyl (C=O) groups excluding carboxylic acids is 1. The summed E-state index contributed by atoms with van der Waals surface area (Å²) in [5, 5.41) is 0.292. The molecule has 3 nitrogen and oxygen atoms in total. The molecule has 1 heterocycles. The molecule has 4 heteroatoms. The number of hydrogen-bond acceptors (Lipinski definition) is 4. The van der Waals surface area contributed by atoms with Crippen molar-refractivity contribution in [1.29, 1.82) is 0 Å². The maximum Gasteiger partial charge on any atom is 0.320 e. The molecule has 1 aliphatic heterocycles. The summed E-state index contributed by atoms with van der Waals surface area (Å²) in [6.07, 6.45) is 0. The number of rotatable bonds is 4. The molecule has 0 saturated carbocycles. The summed E-state index contributed by atoms with van der Waals surface area (Å²) in [5.74, 6) is 0.940. The fourth-order valence-electron chi connectivity index (χ4n) is 1.96. The number of ether oxygens (including phenoxy) is 1. The molecule has 0 amide bonds. The van der Waals surface area contributed by atoms with Crippen LogP contribution in [0.15, 0.2) is 30.3 Å². The molecule has 0 radical (unpaired) electrons. The molecule has 0 spiro atoms. The topological polar surface area (TPSA) is 29.5 Å². The minimum atomic E-state index is -0.129. The van der Waals surface area contributed by atoms with E-state index >= 15 is 0 Å². The quantitative estimate of drug-likeness (QED) is 0.768. The van der Waals surface area contributed by atoms with E-state index in [2.05, 4.69) is 17.0 Å². The second-order valence-corrected chi connectivity index (χ2v) is 5.10. The fraction of sp³-hybridized carbons (Fsp3) is 0.462. The standard InChI is InChI=1S/C13H17NO2S/c1-2-16-12(15)10-14-8-9-17-13(14)11-6-4-3-5-7-11/h3-7,13H,2,8-10H2,1H3. The van der Waals surface area contributed by atoms with Crippen LogP contribution in [-0.2, 0) is 9.53 Å². The van der Waals surface area contributed by atoms with Crippen LogP contribution < -0.4 is 0 Å². The molecule has 92 valence electrons. The fourth-order valence-corrected chi connectivity index (χ4v) is 3.27. The molecule has 1 unspecified atom stereocenters. The van der Waals surface area contributed by atoms with Gasteiger partial charge >= 0.3 is 5.97 Å². The Labute approximate surface area is 106 Å². The average molecular weight is 251 g/mol. The predicted octanol–water partition coefficient (Wildman–Crippen LogP) is 2.30. The Morgan fingerprint density at radius 2 is 2.24 bits per heavy atom. The van der Waals surface area contributed by atoms with E-state index in [-0.39, 0.29) is 5.97 Å². The number of benzene rings is 1. The Morgan fingerprint density at radius 3 is 2.94 bits per heavy atom. The molecule has 1 aliphatic rings. The van der Waals surface area contributed by atoms with E-state index in [9.17, 15) is 4.79 Å². The van der Waals surface area contributed by atoms with Gasteiger partial charge in [0.05, 0.1) is 18.5 Å². The van der Waals surface area contributed by atoms with E-state index in [1.54, 1.807) is 0 Å². The largest absolute Gasteiger partial charge is 0.465 e. The number of carbonyl (C=O) groups is 1. The first-order chi connectivity index (χ1) is 8.31. The van der Waals surface area contributed by atoms with E-state index in [1.807, 2.05) is 36.9 Å². The van der Waals surface area contributed by atoms with Gasteiger partial charge in [0.25, 0.3) is 0 Å². The van der Waals surface area contributed by atoms with Crippen LogP contribution in [0.5, 0.6) is 0 Å². The lowest BCUT2D eigenvalue weighted by atomic mass is 10.2. The molecule has 0 bridgehead atoms. The van der Waals surface area contributed by atoms with Crippen molar-refractivity contribution in [2.24, 2.45) is 0 Å². The van der Waals surface area contributed by atoms with E-state index in [4.69, 9.17) is 4.74 Å². The van der Waals surface area contributed by atoms with Crippen LogP contribution in [0.4, 0.5) is 0 Å². The molecular formula is C13H17NO2S. The zero-order valence-corrected chi connectivity index (χ0v) is 10.8. The van der Waals surface area contributed by atoms with Gasteiger partial charge in [0.15, 0.2) is 0 Å². The van der Waals surface area contributed by atoms with Gasteiger partial charge < -0.3 is 4.74 Å². The molecule has 0 aromatic heterocycles. The first-order valence-corrected chi connectivity index (χ1v) is 6.92. The van der Waals surface area contributed by atoms with Crippen molar-refractivity contribution >= 4 is 17.7 Å². The second-order valence-electron chi connectivity index (χ2n) is 3.91. The van der Waals surface area contributed by atoms with E-state index < -0.39 is 0 Å². The lowest BCUT2D eigenvalue weighted by Gasteiger charge is -2.22. The minimum Gasteiger partial charge on any atom is -0.465 e. The smallest absolute Gasteiger partial charge is 0.320 e. The third-order valence-electron chi connectivity index (χ3n) is 2.71. The summed E-state index contributed by atoms with van der Waals surface area (Å²) in [4.78, 5) is 13.7. The van der Waals surface area contributed by atoms with Gasteiger partial charge in [-0.2, -0.15) is 0 Å². The number of esters is 1. The van der Waals surface area contributed by atoms with E-state index in [1.165, 1.54) is 5.56 Å². The van der Waals surface area contributed by atoms with Crippen LogP contribution in [0.3, 0.4) is 0 Å². The van der Waals surface area contributed by atoms with Gasteiger partial charge in [-0.05, 0) is 12.5 Å². The second kappa shape index (κ2) is 6.07. The van der Waals surface area contributed by atoms with Gasteiger partial charge in [0.1, 0.15) is 0 Å². The lowest BCUT2D eigenvalue weighted by molar-refractivity contribution is -0.144. The third kappa shape index (κ3) is 3.23. The lowest BCUT2D eigenvalue weighted by Crippen LogP contribution is -2.30. The van der Waals surface area contributed by atoms with E-state index in [0.717, 1.165) is 12.3 Å². The van der Waals surface area contributed by atoms with Crippen LogP contribution in [-0.4, -0.2) is 36.3 Å². The van der Waals surface area contributed by atoms with Crippen molar-refractivity contribution in [2.75, 3.05) is 25.4 Å². The van der Waals surface area contributed by atoms with Crippen molar-refractivity contribution < 1.29 is 9.53 Å². The van der Waals surface area contributed by atoms with Crippen molar-refractivity contribution in [3.05, 3.63) is 35.9 Å². The van der Waals surface area contributed by atoms with E-state index in [0.29, 0.717) is 18.5 Å². The zero-order chi connectivity index (χ0) is 12.1. The number of nitrogens with zero attached hydrogens (tertiary/aromatic N) is 1. The zero-order valence-electron chi connectivity index (χ0n) is 9.96. The van der Waals surface area contributed by atoms with Crippen LogP contribution in [0.2, 0.25) is 0 Å². The van der Waals surface area contributed by atoms with Crippen molar-refractivity contribution in [2.45, 2.75) is 12.3 Å². The Bertz CT molecular complexity index is 369. The Morgan fingerprint density at radius 1 is 1.47 bits per heavy atom. The van der Waals surface area contributed by atoms with Crippen LogP contribution >= 0.6 is 11.8 Å². The summed E-state index contributed by atoms with van der Waals surface area (Å²) in [6.45, 7) is 3.63. The molecule has 1 fully saturated rings. The molecule has 1 atom stereocenters. The highest BCUT2D eigenvalue weighted by molar-refractivity contribution is 7.99. The predicted molar refractivity (Wildman–Crippen MR) is 69.8 cm³/mol. The summed E-state index contributed by atoms with van der Waals surface area (Å²) < 4.78 is 5.00. The molecule has 0 N–H and O–H groups in total. The minimum absolute atomic E-state index is 0.129. The maximum atomic E-state index is 11.5. The number of hydrogen-bond donors (Lipinski definition) is 0. The van der Waals surface area contributed by atoms with Gasteiger partial charge in [-0.15, -0.1) is 11.8 Å². The Balaban J connectivity index is 2.00. The summed E-state index contributed by atoms with van der Waals surface area (Å²) in [7, 11) is 0. The van der Waals surface area contributed by atoms with Gasteiger partial charge in [-0.3, -0.25) is 9.69 Å². The van der Waals surface area contributed by atoms with Gasteiger partial charge in [-0.1, -0.05) is 30.3 Å². The van der Waals surface area contributed by atoms with Crippen LogP contribution in [0.1, 0.15) is 17.9 Å². The highest BCUT2D eigenvalue weighted by Gasteiger charge is 2.28. The Hall–Kier alpha value is -1.00. The normalized spacial score (nSPS) is 20.4. The molecule has 2 rings (SSSR count). The Kier molecular flexibility index (Phi) is 4.45. The SMILES string of the molecule is CCOC(=O)CN1CCSC1c1ccccc1. The first kappa shape index (κ1) is 12.5. The van der Waals surface area contributed by atoms with Crippen molar-refractivity contribution in [1.82, 2.24) is 4.90 Å². The average Bonchev–Trinajstić information content (AvgIpc) is 2.78. The molecular weight excluding hydrogens is 234 g/mol. The van der Waals surface area contributed by atoms with Gasteiger partial charge in [0.2, 0.25) is 0 Å². The third-order valence-corrected chi connectivity index (χ3v) is 4.01. The molecule has 1 saturated heterocycles.